The summed E-state index contributed by atoms with van der Waals surface area (Å²) < 4.78 is 38.6. The number of morpholine rings is 1. The lowest BCUT2D eigenvalue weighted by molar-refractivity contribution is 0.0322. The van der Waals surface area contributed by atoms with Crippen LogP contribution in [0.1, 0.15) is 23.4 Å². The van der Waals surface area contributed by atoms with E-state index < -0.39 is 17.7 Å². The molecule has 0 N–H and O–H groups in total. The maximum Gasteiger partial charge on any atom is 0.223 e. The molecule has 3 rings (SSSR count). The van der Waals surface area contributed by atoms with E-state index in [4.69, 9.17) is 14.5 Å². The average Bonchev–Trinajstić information content (AvgIpc) is 2.93. The smallest absolute Gasteiger partial charge is 0.223 e. The van der Waals surface area contributed by atoms with E-state index in [1.807, 2.05) is 0 Å². The Morgan fingerprint density at radius 3 is 2.68 bits per heavy atom. The van der Waals surface area contributed by atoms with E-state index >= 15 is 0 Å². The summed E-state index contributed by atoms with van der Waals surface area (Å²) in [6, 6.07) is 3.75. The van der Waals surface area contributed by atoms with Crippen molar-refractivity contribution < 1.29 is 18.0 Å². The Hall–Kier alpha value is -2.53. The van der Waals surface area contributed by atoms with Crippen molar-refractivity contribution in [2.24, 2.45) is 0 Å². The Labute approximate surface area is 124 Å². The molecule has 0 amide bonds. The number of nitriles is 1. The lowest BCUT2D eigenvalue weighted by Gasteiger charge is -2.33. The Bertz CT molecular complexity index is 718. The number of halogens is 2. The number of aryl methyl sites for hydroxylation is 1. The maximum absolute atomic E-state index is 14.1. The summed E-state index contributed by atoms with van der Waals surface area (Å²) in [6.07, 6.45) is -0.527. The molecule has 2 aromatic rings. The molecule has 6 nitrogen and oxygen atoms in total. The number of rotatable bonds is 2. The van der Waals surface area contributed by atoms with Gasteiger partial charge < -0.3 is 14.2 Å². The molecule has 1 aromatic heterocycles. The molecule has 1 aliphatic heterocycles. The van der Waals surface area contributed by atoms with Crippen LogP contribution < -0.4 is 4.90 Å². The summed E-state index contributed by atoms with van der Waals surface area (Å²) in [5, 5.41) is 12.5. The number of ether oxygens (including phenoxy) is 1. The summed E-state index contributed by atoms with van der Waals surface area (Å²) in [7, 11) is 0. The molecular weight excluding hydrogens is 294 g/mol. The van der Waals surface area contributed by atoms with Gasteiger partial charge in [0.2, 0.25) is 11.7 Å². The standard InChI is InChI=1S/C14H12F2N4O2/c1-8-18-14(19-22-8)12-7-20(2-3-21-12)13-10(15)4-9(6-17)5-11(13)16/h4-5,12H,2-3,7H2,1H3/t12-/m1/s1. The van der Waals surface area contributed by atoms with Crippen molar-refractivity contribution in [3.63, 3.8) is 0 Å². The third-order valence-corrected chi connectivity index (χ3v) is 3.36. The maximum atomic E-state index is 14.1. The van der Waals surface area contributed by atoms with Gasteiger partial charge in [0.15, 0.2) is 11.6 Å². The number of aromatic nitrogens is 2. The van der Waals surface area contributed by atoms with Gasteiger partial charge in [-0.15, -0.1) is 0 Å². The monoisotopic (exact) mass is 306 g/mol. The quantitative estimate of drug-likeness (QED) is 0.846. The number of anilines is 1. The van der Waals surface area contributed by atoms with Crippen LogP contribution >= 0.6 is 0 Å². The zero-order chi connectivity index (χ0) is 15.7. The second-order valence-corrected chi connectivity index (χ2v) is 4.88. The van der Waals surface area contributed by atoms with Crippen molar-refractivity contribution >= 4 is 5.69 Å². The van der Waals surface area contributed by atoms with Crippen LogP contribution in [0.25, 0.3) is 0 Å². The summed E-state index contributed by atoms with van der Waals surface area (Å²) in [5.41, 5.74) is -0.232. The number of nitrogens with zero attached hydrogens (tertiary/aromatic N) is 4. The van der Waals surface area contributed by atoms with Crippen molar-refractivity contribution in [3.05, 3.63) is 41.0 Å². The van der Waals surface area contributed by atoms with Crippen molar-refractivity contribution in [3.8, 4) is 6.07 Å². The molecule has 1 aliphatic rings. The molecule has 2 heterocycles. The van der Waals surface area contributed by atoms with Gasteiger partial charge in [-0.1, -0.05) is 5.16 Å². The highest BCUT2D eigenvalue weighted by molar-refractivity contribution is 5.53. The van der Waals surface area contributed by atoms with Gasteiger partial charge in [-0.2, -0.15) is 10.2 Å². The first-order valence-corrected chi connectivity index (χ1v) is 6.64. The lowest BCUT2D eigenvalue weighted by atomic mass is 10.1. The van der Waals surface area contributed by atoms with E-state index in [1.54, 1.807) is 13.0 Å². The predicted molar refractivity (Wildman–Crippen MR) is 71.0 cm³/mol. The molecule has 0 aliphatic carbocycles. The zero-order valence-electron chi connectivity index (χ0n) is 11.7. The fourth-order valence-corrected chi connectivity index (χ4v) is 2.39. The van der Waals surface area contributed by atoms with Gasteiger partial charge in [0.25, 0.3) is 0 Å². The Morgan fingerprint density at radius 1 is 1.36 bits per heavy atom. The van der Waals surface area contributed by atoms with Gasteiger partial charge >= 0.3 is 0 Å². The first-order chi connectivity index (χ1) is 10.6. The van der Waals surface area contributed by atoms with Crippen molar-refractivity contribution in [2.45, 2.75) is 13.0 Å². The van der Waals surface area contributed by atoms with E-state index in [9.17, 15) is 8.78 Å². The van der Waals surface area contributed by atoms with Crippen LogP contribution in [0.15, 0.2) is 16.7 Å². The number of hydrogen-bond donors (Lipinski definition) is 0. The number of hydrogen-bond acceptors (Lipinski definition) is 6. The summed E-state index contributed by atoms with van der Waals surface area (Å²) in [4.78, 5) is 5.59. The highest BCUT2D eigenvalue weighted by Gasteiger charge is 2.29. The third-order valence-electron chi connectivity index (χ3n) is 3.36. The first kappa shape index (κ1) is 14.4. The summed E-state index contributed by atoms with van der Waals surface area (Å²) in [5.74, 6) is -0.814. The fraction of sp³-hybridized carbons (Fsp3) is 0.357. The normalized spacial score (nSPS) is 18.3. The van der Waals surface area contributed by atoms with E-state index in [0.29, 0.717) is 18.3 Å². The van der Waals surface area contributed by atoms with Crippen LogP contribution in [-0.2, 0) is 4.74 Å². The largest absolute Gasteiger partial charge is 0.366 e. The minimum atomic E-state index is -0.776. The van der Waals surface area contributed by atoms with E-state index in [2.05, 4.69) is 10.1 Å². The fourth-order valence-electron chi connectivity index (χ4n) is 2.39. The van der Waals surface area contributed by atoms with Crippen LogP contribution in [0.2, 0.25) is 0 Å². The van der Waals surface area contributed by atoms with Crippen LogP contribution in [0.3, 0.4) is 0 Å². The van der Waals surface area contributed by atoms with E-state index in [0.717, 1.165) is 12.1 Å². The zero-order valence-corrected chi connectivity index (χ0v) is 11.7. The molecule has 114 valence electrons. The minimum Gasteiger partial charge on any atom is -0.366 e. The third kappa shape index (κ3) is 2.63. The Morgan fingerprint density at radius 2 is 2.09 bits per heavy atom. The van der Waals surface area contributed by atoms with Gasteiger partial charge in [0.1, 0.15) is 11.8 Å². The van der Waals surface area contributed by atoms with Gasteiger partial charge in [-0.05, 0) is 12.1 Å². The highest BCUT2D eigenvalue weighted by Crippen LogP contribution is 2.29. The lowest BCUT2D eigenvalue weighted by Crippen LogP contribution is -2.39. The number of benzene rings is 1. The molecule has 22 heavy (non-hydrogen) atoms. The molecule has 0 radical (unpaired) electrons. The second kappa shape index (κ2) is 5.69. The molecule has 0 unspecified atom stereocenters. The van der Waals surface area contributed by atoms with Gasteiger partial charge in [0, 0.05) is 13.5 Å². The summed E-state index contributed by atoms with van der Waals surface area (Å²) in [6.45, 7) is 2.44. The van der Waals surface area contributed by atoms with E-state index in [1.165, 1.54) is 4.90 Å². The van der Waals surface area contributed by atoms with Crippen molar-refractivity contribution in [2.75, 3.05) is 24.6 Å². The second-order valence-electron chi connectivity index (χ2n) is 4.88. The molecule has 1 saturated heterocycles. The molecule has 0 saturated carbocycles. The molecule has 0 spiro atoms. The van der Waals surface area contributed by atoms with E-state index in [-0.39, 0.29) is 24.4 Å². The Balaban J connectivity index is 1.88. The molecule has 1 atom stereocenters. The molecule has 8 heteroatoms. The van der Waals surface area contributed by atoms with Crippen LogP contribution in [0.5, 0.6) is 0 Å². The molecular formula is C14H12F2N4O2. The van der Waals surface area contributed by atoms with Gasteiger partial charge in [-0.3, -0.25) is 0 Å². The molecule has 0 bridgehead atoms. The molecule has 1 aromatic carbocycles. The minimum absolute atomic E-state index is 0.0580. The van der Waals surface area contributed by atoms with Crippen molar-refractivity contribution in [1.29, 1.82) is 5.26 Å². The van der Waals surface area contributed by atoms with Crippen LogP contribution in [0, 0.1) is 29.9 Å². The van der Waals surface area contributed by atoms with Gasteiger partial charge in [-0.25, -0.2) is 8.78 Å². The van der Waals surface area contributed by atoms with Crippen LogP contribution in [-0.4, -0.2) is 29.8 Å². The first-order valence-electron chi connectivity index (χ1n) is 6.64. The predicted octanol–water partition coefficient (Wildman–Crippen LogP) is 2.11. The summed E-state index contributed by atoms with van der Waals surface area (Å²) >= 11 is 0. The topological polar surface area (TPSA) is 75.2 Å². The molecule has 1 fully saturated rings. The van der Waals surface area contributed by atoms with Crippen molar-refractivity contribution in [1.82, 2.24) is 10.1 Å². The van der Waals surface area contributed by atoms with Gasteiger partial charge in [0.05, 0.1) is 24.8 Å². The highest BCUT2D eigenvalue weighted by atomic mass is 19.1. The Kier molecular flexibility index (Phi) is 3.73. The average molecular weight is 306 g/mol. The van der Waals surface area contributed by atoms with Crippen LogP contribution in [0.4, 0.5) is 14.5 Å². The SMILES string of the molecule is Cc1nc([C@H]2CN(c3c(F)cc(C#N)cc3F)CCO2)no1.